The summed E-state index contributed by atoms with van der Waals surface area (Å²) in [5.74, 6) is 0.141. The summed E-state index contributed by atoms with van der Waals surface area (Å²) in [5.41, 5.74) is 2.11. The summed E-state index contributed by atoms with van der Waals surface area (Å²) in [7, 11) is 1.85. The number of likely N-dealkylation sites (N-methyl/N-ethyl adjacent to an activating group) is 1. The fourth-order valence-corrected chi connectivity index (χ4v) is 3.81. The largest absolute Gasteiger partial charge is 0.314 e. The van der Waals surface area contributed by atoms with Crippen LogP contribution in [0.3, 0.4) is 0 Å². The highest BCUT2D eigenvalue weighted by molar-refractivity contribution is 8.01. The normalized spacial score (nSPS) is 21.6. The number of amides is 1. The highest BCUT2D eigenvalue weighted by atomic mass is 32.2. The molecule has 1 aliphatic heterocycles. The summed E-state index contributed by atoms with van der Waals surface area (Å²) in [6.45, 7) is 2.01. The van der Waals surface area contributed by atoms with Gasteiger partial charge in [-0.15, -0.1) is 11.8 Å². The average molecular weight is 269 g/mol. The molecule has 96 valence electrons. The fourth-order valence-electron chi connectivity index (χ4n) is 2.54. The molecule has 0 radical (unpaired) electrons. The monoisotopic (exact) mass is 269 g/mol. The molecule has 0 saturated heterocycles. The molecular formula is C16H15NOS. The van der Waals surface area contributed by atoms with E-state index in [1.807, 2.05) is 68.6 Å². The van der Waals surface area contributed by atoms with Crippen LogP contribution in [0.5, 0.6) is 0 Å². The Hall–Kier alpha value is -1.74. The number of para-hydroxylation sites is 1. The maximum absolute atomic E-state index is 12.6. The highest BCUT2D eigenvalue weighted by Crippen LogP contribution is 2.50. The van der Waals surface area contributed by atoms with E-state index in [0.29, 0.717) is 0 Å². The van der Waals surface area contributed by atoms with Gasteiger partial charge in [0.2, 0.25) is 5.91 Å². The number of thioether (sulfide) groups is 1. The van der Waals surface area contributed by atoms with Crippen molar-refractivity contribution in [2.75, 3.05) is 11.9 Å². The molecule has 2 nitrogen and oxygen atoms in total. The van der Waals surface area contributed by atoms with Gasteiger partial charge in [-0.25, -0.2) is 0 Å². The first-order chi connectivity index (χ1) is 9.13. The van der Waals surface area contributed by atoms with Gasteiger partial charge in [0.1, 0.15) is 4.75 Å². The van der Waals surface area contributed by atoms with Gasteiger partial charge in [0.15, 0.2) is 0 Å². The van der Waals surface area contributed by atoms with E-state index >= 15 is 0 Å². The maximum Gasteiger partial charge on any atom is 0.247 e. The second kappa shape index (κ2) is 4.42. The Labute approximate surface area is 117 Å². The van der Waals surface area contributed by atoms with Crippen LogP contribution in [0.25, 0.3) is 0 Å². The third kappa shape index (κ3) is 1.85. The van der Waals surface area contributed by atoms with Crippen LogP contribution >= 0.6 is 11.8 Å². The summed E-state index contributed by atoms with van der Waals surface area (Å²) in [6.07, 6.45) is 0. The molecule has 3 heteroatoms. The molecule has 0 N–H and O–H groups in total. The Morgan fingerprint density at radius 1 is 1.00 bits per heavy atom. The van der Waals surface area contributed by atoms with Crippen molar-refractivity contribution in [3.05, 3.63) is 60.2 Å². The molecule has 2 aromatic carbocycles. The van der Waals surface area contributed by atoms with Gasteiger partial charge in [0, 0.05) is 23.2 Å². The molecule has 2 aromatic rings. The minimum absolute atomic E-state index is 0.141. The molecular weight excluding hydrogens is 254 g/mol. The fraction of sp³-hybridized carbons (Fsp3) is 0.188. The van der Waals surface area contributed by atoms with Crippen LogP contribution in [0.2, 0.25) is 0 Å². The Morgan fingerprint density at radius 2 is 1.63 bits per heavy atom. The van der Waals surface area contributed by atoms with E-state index in [-0.39, 0.29) is 5.91 Å². The summed E-state index contributed by atoms with van der Waals surface area (Å²) < 4.78 is -0.535. The molecule has 1 aliphatic rings. The van der Waals surface area contributed by atoms with E-state index in [1.54, 1.807) is 16.7 Å². The van der Waals surface area contributed by atoms with Crippen molar-refractivity contribution in [2.45, 2.75) is 16.6 Å². The van der Waals surface area contributed by atoms with Gasteiger partial charge in [0.25, 0.3) is 0 Å². The van der Waals surface area contributed by atoms with Crippen LogP contribution in [-0.4, -0.2) is 13.0 Å². The first-order valence-corrected chi connectivity index (χ1v) is 7.06. The van der Waals surface area contributed by atoms with Crippen molar-refractivity contribution in [3.63, 3.8) is 0 Å². The van der Waals surface area contributed by atoms with E-state index in [1.165, 1.54) is 0 Å². The quantitative estimate of drug-likeness (QED) is 0.829. The zero-order valence-electron chi connectivity index (χ0n) is 11.0. The number of carbonyl (C=O) groups excluding carboxylic acids is 1. The summed E-state index contributed by atoms with van der Waals surface area (Å²) >= 11 is 1.62. The molecule has 1 heterocycles. The zero-order chi connectivity index (χ0) is 13.5. The predicted octanol–water partition coefficient (Wildman–Crippen LogP) is 3.67. The standard InChI is InChI=1S/C16H15NOS/c1-16(19-12-8-4-3-5-9-12)13-10-6-7-11-14(13)17(2)15(16)18/h3-11H,1-2H3. The van der Waals surface area contributed by atoms with Crippen LogP contribution in [0.4, 0.5) is 5.69 Å². The molecule has 19 heavy (non-hydrogen) atoms. The molecule has 0 aliphatic carbocycles. The average Bonchev–Trinajstić information content (AvgIpc) is 2.63. The maximum atomic E-state index is 12.6. The lowest BCUT2D eigenvalue weighted by Crippen LogP contribution is -2.33. The zero-order valence-corrected chi connectivity index (χ0v) is 11.8. The molecule has 3 rings (SSSR count). The number of hydrogen-bond donors (Lipinski definition) is 0. The molecule has 0 aromatic heterocycles. The summed E-state index contributed by atoms with van der Waals surface area (Å²) in [5, 5.41) is 0. The SMILES string of the molecule is CN1C(=O)C(C)(Sc2ccccc2)c2ccccc21. The Balaban J connectivity index is 2.06. The van der Waals surface area contributed by atoms with Crippen molar-refractivity contribution < 1.29 is 4.79 Å². The van der Waals surface area contributed by atoms with Crippen molar-refractivity contribution in [1.82, 2.24) is 0 Å². The Morgan fingerprint density at radius 3 is 2.37 bits per heavy atom. The third-order valence-corrected chi connectivity index (χ3v) is 4.87. The van der Waals surface area contributed by atoms with Crippen molar-refractivity contribution >= 4 is 23.4 Å². The number of nitrogens with zero attached hydrogens (tertiary/aromatic N) is 1. The first-order valence-electron chi connectivity index (χ1n) is 6.24. The number of hydrogen-bond acceptors (Lipinski definition) is 2. The van der Waals surface area contributed by atoms with E-state index in [4.69, 9.17) is 0 Å². The summed E-state index contributed by atoms with van der Waals surface area (Å²) in [4.78, 5) is 15.5. The van der Waals surface area contributed by atoms with E-state index in [0.717, 1.165) is 16.1 Å². The first kappa shape index (κ1) is 12.3. The smallest absolute Gasteiger partial charge is 0.247 e. The van der Waals surface area contributed by atoms with Crippen molar-refractivity contribution in [2.24, 2.45) is 0 Å². The van der Waals surface area contributed by atoms with E-state index in [9.17, 15) is 4.79 Å². The molecule has 1 unspecified atom stereocenters. The summed E-state index contributed by atoms with van der Waals surface area (Å²) in [6, 6.07) is 18.1. The molecule has 0 spiro atoms. The molecule has 0 fully saturated rings. The predicted molar refractivity (Wildman–Crippen MR) is 79.5 cm³/mol. The minimum Gasteiger partial charge on any atom is -0.314 e. The van der Waals surface area contributed by atoms with E-state index in [2.05, 4.69) is 0 Å². The van der Waals surface area contributed by atoms with Gasteiger partial charge >= 0.3 is 0 Å². The number of carbonyl (C=O) groups is 1. The van der Waals surface area contributed by atoms with Gasteiger partial charge in [-0.1, -0.05) is 36.4 Å². The number of fused-ring (bicyclic) bond motifs is 1. The van der Waals surface area contributed by atoms with Crippen molar-refractivity contribution in [1.29, 1.82) is 0 Å². The lowest BCUT2D eigenvalue weighted by atomic mass is 10.0. The lowest BCUT2D eigenvalue weighted by molar-refractivity contribution is -0.119. The van der Waals surface area contributed by atoms with Gasteiger partial charge in [-0.2, -0.15) is 0 Å². The Bertz CT molecular complexity index is 626. The molecule has 0 bridgehead atoms. The molecule has 0 saturated carbocycles. The third-order valence-electron chi connectivity index (χ3n) is 3.56. The molecule has 1 atom stereocenters. The number of benzene rings is 2. The van der Waals surface area contributed by atoms with Crippen LogP contribution in [0, 0.1) is 0 Å². The van der Waals surface area contributed by atoms with Gasteiger partial charge in [0.05, 0.1) is 0 Å². The van der Waals surface area contributed by atoms with Gasteiger partial charge in [-0.05, 0) is 25.1 Å². The second-order valence-corrected chi connectivity index (χ2v) is 6.32. The van der Waals surface area contributed by atoms with Crippen LogP contribution in [0.1, 0.15) is 12.5 Å². The minimum atomic E-state index is -0.535. The lowest BCUT2D eigenvalue weighted by Gasteiger charge is -2.22. The van der Waals surface area contributed by atoms with E-state index < -0.39 is 4.75 Å². The van der Waals surface area contributed by atoms with Crippen molar-refractivity contribution in [3.8, 4) is 0 Å². The highest BCUT2D eigenvalue weighted by Gasteiger charge is 2.46. The number of anilines is 1. The second-order valence-electron chi connectivity index (χ2n) is 4.83. The number of rotatable bonds is 2. The Kier molecular flexibility index (Phi) is 2.86. The molecule has 1 amide bonds. The van der Waals surface area contributed by atoms with Crippen LogP contribution in [0.15, 0.2) is 59.5 Å². The van der Waals surface area contributed by atoms with Crippen LogP contribution in [-0.2, 0) is 9.54 Å². The van der Waals surface area contributed by atoms with Gasteiger partial charge < -0.3 is 4.90 Å². The topological polar surface area (TPSA) is 20.3 Å². The van der Waals surface area contributed by atoms with Crippen LogP contribution < -0.4 is 4.90 Å². The van der Waals surface area contributed by atoms with Gasteiger partial charge in [-0.3, -0.25) is 4.79 Å².